The second-order valence-electron chi connectivity index (χ2n) is 5.78. The summed E-state index contributed by atoms with van der Waals surface area (Å²) in [4.78, 5) is 14.0. The maximum absolute atomic E-state index is 12.1. The van der Waals surface area contributed by atoms with E-state index in [2.05, 4.69) is 17.4 Å². The molecular weight excluding hydrogens is 284 g/mol. The van der Waals surface area contributed by atoms with Crippen LogP contribution < -0.4 is 5.32 Å². The van der Waals surface area contributed by atoms with Crippen molar-refractivity contribution in [3.63, 3.8) is 0 Å². The lowest BCUT2D eigenvalue weighted by atomic mass is 9.93. The summed E-state index contributed by atoms with van der Waals surface area (Å²) < 4.78 is 0. The van der Waals surface area contributed by atoms with Gasteiger partial charge in [-0.2, -0.15) is 0 Å². The summed E-state index contributed by atoms with van der Waals surface area (Å²) in [6.07, 6.45) is 5.14. The summed E-state index contributed by atoms with van der Waals surface area (Å²) in [6, 6.07) is 10.4. The first kappa shape index (κ1) is 18.0. The van der Waals surface area contributed by atoms with E-state index >= 15 is 0 Å². The number of halogens is 1. The molecule has 1 heterocycles. The van der Waals surface area contributed by atoms with Crippen molar-refractivity contribution in [2.45, 2.75) is 32.1 Å². The van der Waals surface area contributed by atoms with Gasteiger partial charge in [-0.05, 0) is 50.3 Å². The van der Waals surface area contributed by atoms with Crippen LogP contribution in [0.15, 0.2) is 30.3 Å². The molecule has 4 heteroatoms. The molecule has 2 rings (SSSR count). The first-order valence-electron chi connectivity index (χ1n) is 7.74. The van der Waals surface area contributed by atoms with Gasteiger partial charge in [-0.15, -0.1) is 12.4 Å². The van der Waals surface area contributed by atoms with Gasteiger partial charge < -0.3 is 10.2 Å². The Kier molecular flexibility index (Phi) is 8.40. The minimum atomic E-state index is 0. The summed E-state index contributed by atoms with van der Waals surface area (Å²) in [5, 5.41) is 3.37. The van der Waals surface area contributed by atoms with E-state index in [9.17, 15) is 4.79 Å². The second kappa shape index (κ2) is 9.80. The molecule has 118 valence electrons. The summed E-state index contributed by atoms with van der Waals surface area (Å²) in [6.45, 7) is 3.04. The first-order chi connectivity index (χ1) is 9.75. The van der Waals surface area contributed by atoms with Crippen molar-refractivity contribution in [2.75, 3.05) is 26.7 Å². The fourth-order valence-corrected chi connectivity index (χ4v) is 2.76. The topological polar surface area (TPSA) is 32.3 Å². The molecule has 0 aliphatic carbocycles. The number of nitrogens with one attached hydrogen (secondary N) is 1. The largest absolute Gasteiger partial charge is 0.345 e. The molecule has 0 unspecified atom stereocenters. The van der Waals surface area contributed by atoms with Gasteiger partial charge in [-0.3, -0.25) is 4.79 Å². The number of hydrogen-bond acceptors (Lipinski definition) is 2. The molecule has 1 aromatic carbocycles. The highest BCUT2D eigenvalue weighted by Crippen LogP contribution is 2.18. The van der Waals surface area contributed by atoms with Crippen LogP contribution in [0.2, 0.25) is 0 Å². The number of likely N-dealkylation sites (N-methyl/N-ethyl adjacent to an activating group) is 1. The minimum Gasteiger partial charge on any atom is -0.345 e. The molecule has 1 aliphatic heterocycles. The molecule has 1 aromatic rings. The van der Waals surface area contributed by atoms with E-state index in [1.54, 1.807) is 0 Å². The van der Waals surface area contributed by atoms with Crippen LogP contribution in [0.5, 0.6) is 0 Å². The standard InChI is InChI=1S/C17H26N2O.ClH/c1-19(14-11-15-5-3-2-4-6-15)17(20)8-7-16-9-12-18-13-10-16;/h2-6,16,18H,7-14H2,1H3;1H. The van der Waals surface area contributed by atoms with Crippen LogP contribution in [0.1, 0.15) is 31.2 Å². The quantitative estimate of drug-likeness (QED) is 0.876. The third-order valence-corrected chi connectivity index (χ3v) is 4.23. The van der Waals surface area contributed by atoms with Gasteiger partial charge in [0.15, 0.2) is 0 Å². The van der Waals surface area contributed by atoms with E-state index in [4.69, 9.17) is 0 Å². The molecule has 0 atom stereocenters. The van der Waals surface area contributed by atoms with Gasteiger partial charge in [0.2, 0.25) is 5.91 Å². The monoisotopic (exact) mass is 310 g/mol. The van der Waals surface area contributed by atoms with Gasteiger partial charge in [-0.1, -0.05) is 30.3 Å². The smallest absolute Gasteiger partial charge is 0.222 e. The maximum Gasteiger partial charge on any atom is 0.222 e. The maximum atomic E-state index is 12.1. The minimum absolute atomic E-state index is 0. The Bertz CT molecular complexity index is 405. The number of benzene rings is 1. The third-order valence-electron chi connectivity index (χ3n) is 4.23. The molecule has 0 saturated carbocycles. The number of amides is 1. The average Bonchev–Trinajstić information content (AvgIpc) is 2.52. The number of carbonyl (C=O) groups excluding carboxylic acids is 1. The van der Waals surface area contributed by atoms with E-state index in [1.165, 1.54) is 18.4 Å². The van der Waals surface area contributed by atoms with E-state index in [1.807, 2.05) is 30.1 Å². The fraction of sp³-hybridized carbons (Fsp3) is 0.588. The van der Waals surface area contributed by atoms with Crippen LogP contribution >= 0.6 is 12.4 Å². The summed E-state index contributed by atoms with van der Waals surface area (Å²) in [5.74, 6) is 1.03. The van der Waals surface area contributed by atoms with Crippen LogP contribution in [-0.4, -0.2) is 37.5 Å². The second-order valence-corrected chi connectivity index (χ2v) is 5.78. The Hall–Kier alpha value is -1.06. The highest BCUT2D eigenvalue weighted by molar-refractivity contribution is 5.85. The van der Waals surface area contributed by atoms with Crippen molar-refractivity contribution in [2.24, 2.45) is 5.92 Å². The molecule has 1 saturated heterocycles. The number of rotatable bonds is 6. The van der Waals surface area contributed by atoms with Crippen molar-refractivity contribution in [1.82, 2.24) is 10.2 Å². The Labute approximate surface area is 134 Å². The highest BCUT2D eigenvalue weighted by Gasteiger charge is 2.16. The zero-order valence-electron chi connectivity index (χ0n) is 12.9. The number of hydrogen-bond donors (Lipinski definition) is 1. The van der Waals surface area contributed by atoms with Gasteiger partial charge in [0, 0.05) is 20.0 Å². The van der Waals surface area contributed by atoms with Gasteiger partial charge in [0.05, 0.1) is 0 Å². The van der Waals surface area contributed by atoms with Crippen molar-refractivity contribution in [3.05, 3.63) is 35.9 Å². The van der Waals surface area contributed by atoms with E-state index in [-0.39, 0.29) is 12.4 Å². The van der Waals surface area contributed by atoms with E-state index in [0.29, 0.717) is 12.3 Å². The van der Waals surface area contributed by atoms with Crippen LogP contribution in [-0.2, 0) is 11.2 Å². The predicted octanol–water partition coefficient (Wildman–Crippen LogP) is 2.89. The van der Waals surface area contributed by atoms with E-state index in [0.717, 1.165) is 38.4 Å². The molecule has 3 nitrogen and oxygen atoms in total. The SMILES string of the molecule is CN(CCc1ccccc1)C(=O)CCC1CCNCC1.Cl. The molecule has 0 spiro atoms. The molecule has 0 bridgehead atoms. The summed E-state index contributed by atoms with van der Waals surface area (Å²) >= 11 is 0. The first-order valence-corrected chi connectivity index (χ1v) is 7.74. The summed E-state index contributed by atoms with van der Waals surface area (Å²) in [7, 11) is 1.92. The average molecular weight is 311 g/mol. The third kappa shape index (κ3) is 6.49. The molecule has 21 heavy (non-hydrogen) atoms. The Morgan fingerprint density at radius 2 is 1.90 bits per heavy atom. The van der Waals surface area contributed by atoms with Crippen LogP contribution in [0.3, 0.4) is 0 Å². The lowest BCUT2D eigenvalue weighted by Crippen LogP contribution is -2.31. The highest BCUT2D eigenvalue weighted by atomic mass is 35.5. The Balaban J connectivity index is 0.00000220. The zero-order chi connectivity index (χ0) is 14.2. The molecule has 1 amide bonds. The Morgan fingerprint density at radius 1 is 1.24 bits per heavy atom. The van der Waals surface area contributed by atoms with Crippen LogP contribution in [0.4, 0.5) is 0 Å². The van der Waals surface area contributed by atoms with Crippen molar-refractivity contribution < 1.29 is 4.79 Å². The number of nitrogens with zero attached hydrogens (tertiary/aromatic N) is 1. The molecule has 1 fully saturated rings. The number of carbonyl (C=O) groups is 1. The molecule has 0 aromatic heterocycles. The van der Waals surface area contributed by atoms with Crippen molar-refractivity contribution in [1.29, 1.82) is 0 Å². The van der Waals surface area contributed by atoms with Crippen molar-refractivity contribution in [3.8, 4) is 0 Å². The normalized spacial score (nSPS) is 15.3. The summed E-state index contributed by atoms with van der Waals surface area (Å²) in [5.41, 5.74) is 1.30. The molecular formula is C17H27ClN2O. The molecule has 0 radical (unpaired) electrons. The van der Waals surface area contributed by atoms with Crippen molar-refractivity contribution >= 4 is 18.3 Å². The Morgan fingerprint density at radius 3 is 2.57 bits per heavy atom. The van der Waals surface area contributed by atoms with E-state index < -0.39 is 0 Å². The molecule has 1 N–H and O–H groups in total. The number of piperidine rings is 1. The van der Waals surface area contributed by atoms with Gasteiger partial charge >= 0.3 is 0 Å². The van der Waals surface area contributed by atoms with Gasteiger partial charge in [0.1, 0.15) is 0 Å². The lowest BCUT2D eigenvalue weighted by molar-refractivity contribution is -0.130. The molecule has 1 aliphatic rings. The van der Waals surface area contributed by atoms with Crippen LogP contribution in [0.25, 0.3) is 0 Å². The fourth-order valence-electron chi connectivity index (χ4n) is 2.76. The predicted molar refractivity (Wildman–Crippen MR) is 89.9 cm³/mol. The van der Waals surface area contributed by atoms with Gasteiger partial charge in [-0.25, -0.2) is 0 Å². The zero-order valence-corrected chi connectivity index (χ0v) is 13.7. The van der Waals surface area contributed by atoms with Crippen LogP contribution in [0, 0.1) is 5.92 Å². The lowest BCUT2D eigenvalue weighted by Gasteiger charge is -2.23. The van der Waals surface area contributed by atoms with Gasteiger partial charge in [0.25, 0.3) is 0 Å².